The second-order valence-corrected chi connectivity index (χ2v) is 3.58. The Balaban J connectivity index is 2.38. The molecule has 0 heterocycles. The second-order valence-electron chi connectivity index (χ2n) is 3.58. The fourth-order valence-corrected chi connectivity index (χ4v) is 1.20. The fraction of sp³-hybridized carbons (Fsp3) is 0.0625. The number of nitrogens with one attached hydrogen (secondary N) is 1. The maximum Gasteiger partial charge on any atom is 0.0379 e. The Morgan fingerprint density at radius 2 is 1.94 bits per heavy atom. The highest BCUT2D eigenvalue weighted by Gasteiger charge is 1.82. The van der Waals surface area contributed by atoms with Gasteiger partial charge in [0.05, 0.1) is 0 Å². The Hall–Kier alpha value is -2.35. The van der Waals surface area contributed by atoms with E-state index in [1.165, 1.54) is 0 Å². The average molecular weight is 238 g/mol. The van der Waals surface area contributed by atoms with Crippen molar-refractivity contribution in [1.29, 1.82) is 0 Å². The van der Waals surface area contributed by atoms with Crippen molar-refractivity contribution in [3.8, 4) is 0 Å². The molecular formula is C16H18N2. The summed E-state index contributed by atoms with van der Waals surface area (Å²) in [5.74, 6) is 0. The zero-order valence-electron chi connectivity index (χ0n) is 10.6. The summed E-state index contributed by atoms with van der Waals surface area (Å²) in [7, 11) is 0. The lowest BCUT2D eigenvalue weighted by Crippen LogP contribution is -1.85. The van der Waals surface area contributed by atoms with Gasteiger partial charge in [-0.3, -0.25) is 4.99 Å². The largest absolute Gasteiger partial charge is 0.362 e. The quantitative estimate of drug-likeness (QED) is 0.579. The predicted molar refractivity (Wildman–Crippen MR) is 80.8 cm³/mol. The second kappa shape index (κ2) is 8.76. The smallest absolute Gasteiger partial charge is 0.0379 e. The van der Waals surface area contributed by atoms with Crippen LogP contribution in [0.4, 0.5) is 5.69 Å². The third-order valence-electron chi connectivity index (χ3n) is 2.07. The van der Waals surface area contributed by atoms with Gasteiger partial charge in [0.25, 0.3) is 0 Å². The maximum atomic E-state index is 4.25. The third-order valence-corrected chi connectivity index (χ3v) is 2.07. The van der Waals surface area contributed by atoms with E-state index in [1.807, 2.05) is 67.8 Å². The standard InChI is InChI=1S/C16H18N2/c1-3-4-6-10-15(2)17-13-9-14-18-16-11-7-5-8-12-16/h3-14,18H,1H2,2H3/b6-4-,14-9+,15-10+,17-13+. The summed E-state index contributed by atoms with van der Waals surface area (Å²) in [6.07, 6.45) is 12.9. The molecule has 18 heavy (non-hydrogen) atoms. The lowest BCUT2D eigenvalue weighted by Gasteiger charge is -1.97. The maximum absolute atomic E-state index is 4.25. The molecule has 1 rings (SSSR count). The van der Waals surface area contributed by atoms with E-state index >= 15 is 0 Å². The third kappa shape index (κ3) is 6.28. The molecule has 2 nitrogen and oxygen atoms in total. The Bertz CT molecular complexity index is 465. The molecule has 0 bridgehead atoms. The number of anilines is 1. The van der Waals surface area contributed by atoms with E-state index in [0.717, 1.165) is 11.4 Å². The van der Waals surface area contributed by atoms with Gasteiger partial charge >= 0.3 is 0 Å². The highest BCUT2D eigenvalue weighted by atomic mass is 14.8. The van der Waals surface area contributed by atoms with E-state index < -0.39 is 0 Å². The van der Waals surface area contributed by atoms with Gasteiger partial charge in [-0.05, 0) is 31.2 Å². The van der Waals surface area contributed by atoms with Crippen molar-refractivity contribution >= 4 is 11.9 Å². The first-order valence-electron chi connectivity index (χ1n) is 5.79. The molecule has 2 heteroatoms. The Kier molecular flexibility index (Phi) is 6.68. The van der Waals surface area contributed by atoms with Crippen LogP contribution in [0.25, 0.3) is 0 Å². The van der Waals surface area contributed by atoms with Crippen molar-refractivity contribution in [3.63, 3.8) is 0 Å². The highest BCUT2D eigenvalue weighted by molar-refractivity contribution is 5.72. The summed E-state index contributed by atoms with van der Waals surface area (Å²) in [5, 5.41) is 3.15. The van der Waals surface area contributed by atoms with E-state index in [9.17, 15) is 0 Å². The van der Waals surface area contributed by atoms with Crippen molar-refractivity contribution in [2.24, 2.45) is 4.99 Å². The zero-order valence-corrected chi connectivity index (χ0v) is 10.6. The van der Waals surface area contributed by atoms with Crippen molar-refractivity contribution in [1.82, 2.24) is 0 Å². The molecule has 1 aromatic rings. The minimum atomic E-state index is 0.942. The summed E-state index contributed by atoms with van der Waals surface area (Å²) < 4.78 is 0. The van der Waals surface area contributed by atoms with Gasteiger partial charge in [-0.25, -0.2) is 0 Å². The number of para-hydroxylation sites is 1. The van der Waals surface area contributed by atoms with E-state index in [0.29, 0.717) is 0 Å². The van der Waals surface area contributed by atoms with Gasteiger partial charge in [0, 0.05) is 23.8 Å². The molecule has 0 spiro atoms. The number of hydrogen-bond acceptors (Lipinski definition) is 2. The number of allylic oxidation sites excluding steroid dienone is 6. The summed E-state index contributed by atoms with van der Waals surface area (Å²) in [6.45, 7) is 5.55. The normalized spacial score (nSPS) is 12.6. The number of aliphatic imine (C=N–C) groups is 1. The van der Waals surface area contributed by atoms with Crippen LogP contribution >= 0.6 is 0 Å². The Labute approximate surface area is 109 Å². The van der Waals surface area contributed by atoms with Crippen LogP contribution in [0, 0.1) is 0 Å². The molecular weight excluding hydrogens is 220 g/mol. The first kappa shape index (κ1) is 13.7. The molecule has 0 saturated heterocycles. The summed E-state index contributed by atoms with van der Waals surface area (Å²) in [5.41, 5.74) is 2.00. The summed E-state index contributed by atoms with van der Waals surface area (Å²) >= 11 is 0. The van der Waals surface area contributed by atoms with Crippen LogP contribution in [-0.4, -0.2) is 6.21 Å². The van der Waals surface area contributed by atoms with Crippen LogP contribution in [0.3, 0.4) is 0 Å². The van der Waals surface area contributed by atoms with Crippen molar-refractivity contribution in [2.45, 2.75) is 6.92 Å². The Morgan fingerprint density at radius 3 is 2.67 bits per heavy atom. The fourth-order valence-electron chi connectivity index (χ4n) is 1.20. The van der Waals surface area contributed by atoms with Crippen LogP contribution in [0.15, 0.2) is 84.2 Å². The molecule has 0 saturated carbocycles. The van der Waals surface area contributed by atoms with E-state index in [2.05, 4.69) is 16.9 Å². The Morgan fingerprint density at radius 1 is 1.17 bits per heavy atom. The van der Waals surface area contributed by atoms with Gasteiger partial charge in [-0.1, -0.05) is 43.0 Å². The monoisotopic (exact) mass is 238 g/mol. The van der Waals surface area contributed by atoms with Crippen molar-refractivity contribution in [3.05, 3.63) is 79.2 Å². The van der Waals surface area contributed by atoms with Crippen LogP contribution < -0.4 is 5.32 Å². The number of benzene rings is 1. The molecule has 0 atom stereocenters. The molecule has 0 fully saturated rings. The molecule has 0 radical (unpaired) electrons. The minimum absolute atomic E-state index is 0.942. The number of nitrogens with zero attached hydrogens (tertiary/aromatic N) is 1. The minimum Gasteiger partial charge on any atom is -0.362 e. The van der Waals surface area contributed by atoms with Gasteiger partial charge in [-0.15, -0.1) is 0 Å². The van der Waals surface area contributed by atoms with E-state index in [1.54, 1.807) is 12.3 Å². The van der Waals surface area contributed by atoms with Crippen LogP contribution in [0.5, 0.6) is 0 Å². The molecule has 1 N–H and O–H groups in total. The van der Waals surface area contributed by atoms with Gasteiger partial charge in [0.1, 0.15) is 0 Å². The SMILES string of the molecule is C=C\C=C/C=C(C)/N=C/C=C/Nc1ccccc1. The molecule has 0 aliphatic rings. The van der Waals surface area contributed by atoms with E-state index in [-0.39, 0.29) is 0 Å². The van der Waals surface area contributed by atoms with Crippen LogP contribution in [0.1, 0.15) is 6.92 Å². The summed E-state index contributed by atoms with van der Waals surface area (Å²) in [6, 6.07) is 9.98. The van der Waals surface area contributed by atoms with Crippen LogP contribution in [0.2, 0.25) is 0 Å². The number of rotatable bonds is 6. The molecule has 1 aromatic carbocycles. The highest BCUT2D eigenvalue weighted by Crippen LogP contribution is 2.03. The predicted octanol–water partition coefficient (Wildman–Crippen LogP) is 4.33. The first-order valence-corrected chi connectivity index (χ1v) is 5.79. The van der Waals surface area contributed by atoms with Crippen molar-refractivity contribution in [2.75, 3.05) is 5.32 Å². The van der Waals surface area contributed by atoms with Crippen LogP contribution in [-0.2, 0) is 0 Å². The summed E-state index contributed by atoms with van der Waals surface area (Å²) in [4.78, 5) is 4.25. The van der Waals surface area contributed by atoms with Gasteiger partial charge < -0.3 is 5.32 Å². The average Bonchev–Trinajstić information content (AvgIpc) is 2.40. The van der Waals surface area contributed by atoms with Gasteiger partial charge in [0.2, 0.25) is 0 Å². The lowest BCUT2D eigenvalue weighted by atomic mass is 10.3. The van der Waals surface area contributed by atoms with E-state index in [4.69, 9.17) is 0 Å². The molecule has 0 aliphatic heterocycles. The van der Waals surface area contributed by atoms with Gasteiger partial charge in [-0.2, -0.15) is 0 Å². The molecule has 0 aromatic heterocycles. The van der Waals surface area contributed by atoms with Crippen molar-refractivity contribution < 1.29 is 0 Å². The zero-order chi connectivity index (χ0) is 13.1. The lowest BCUT2D eigenvalue weighted by molar-refractivity contribution is 1.32. The molecule has 92 valence electrons. The topological polar surface area (TPSA) is 24.4 Å². The molecule has 0 unspecified atom stereocenters. The molecule has 0 amide bonds. The number of hydrogen-bond donors (Lipinski definition) is 1. The molecule has 0 aliphatic carbocycles. The van der Waals surface area contributed by atoms with Gasteiger partial charge in [0.15, 0.2) is 0 Å². The first-order chi connectivity index (χ1) is 8.83.